The van der Waals surface area contributed by atoms with Crippen molar-refractivity contribution in [3.8, 4) is 5.75 Å². The van der Waals surface area contributed by atoms with Crippen molar-refractivity contribution >= 4 is 17.8 Å². The van der Waals surface area contributed by atoms with Gasteiger partial charge in [0.2, 0.25) is 0 Å². The summed E-state index contributed by atoms with van der Waals surface area (Å²) in [4.78, 5) is 0. The summed E-state index contributed by atoms with van der Waals surface area (Å²) in [5.74, 6) is 1.37. The van der Waals surface area contributed by atoms with Gasteiger partial charge < -0.3 is 15.0 Å². The third-order valence-corrected chi connectivity index (χ3v) is 2.49. The summed E-state index contributed by atoms with van der Waals surface area (Å²) in [6.07, 6.45) is 3.67. The summed E-state index contributed by atoms with van der Waals surface area (Å²) in [7, 11) is 1.64. The van der Waals surface area contributed by atoms with Gasteiger partial charge in [0, 0.05) is 5.56 Å². The second-order valence-electron chi connectivity index (χ2n) is 3.62. The molecule has 0 saturated carbocycles. The first kappa shape index (κ1) is 11.3. The SMILES string of the molecule is COc1ccccc1/C=C/c1onc(C)c1N. The van der Waals surface area contributed by atoms with Gasteiger partial charge in [-0.05, 0) is 25.1 Å². The molecule has 0 aliphatic carbocycles. The van der Waals surface area contributed by atoms with Gasteiger partial charge in [0.1, 0.15) is 17.1 Å². The quantitative estimate of drug-likeness (QED) is 0.880. The van der Waals surface area contributed by atoms with Crippen LogP contribution in [0.2, 0.25) is 0 Å². The van der Waals surface area contributed by atoms with Crippen LogP contribution in [0.4, 0.5) is 5.69 Å². The first-order chi connectivity index (χ1) is 8.22. The number of aromatic nitrogens is 1. The van der Waals surface area contributed by atoms with E-state index in [0.717, 1.165) is 11.3 Å². The number of benzene rings is 1. The number of methoxy groups -OCH3 is 1. The van der Waals surface area contributed by atoms with E-state index in [0.29, 0.717) is 17.1 Å². The molecule has 2 N–H and O–H groups in total. The van der Waals surface area contributed by atoms with Crippen LogP contribution in [0.3, 0.4) is 0 Å². The third-order valence-electron chi connectivity index (χ3n) is 2.49. The number of ether oxygens (including phenoxy) is 1. The Morgan fingerprint density at radius 1 is 1.29 bits per heavy atom. The highest BCUT2D eigenvalue weighted by atomic mass is 16.5. The minimum Gasteiger partial charge on any atom is -0.496 e. The van der Waals surface area contributed by atoms with Crippen molar-refractivity contribution in [2.45, 2.75) is 6.92 Å². The molecule has 2 rings (SSSR count). The van der Waals surface area contributed by atoms with Crippen LogP contribution in [0.25, 0.3) is 12.2 Å². The smallest absolute Gasteiger partial charge is 0.182 e. The zero-order valence-electron chi connectivity index (χ0n) is 9.81. The molecule has 17 heavy (non-hydrogen) atoms. The largest absolute Gasteiger partial charge is 0.496 e. The number of nitrogen functional groups attached to an aromatic ring is 1. The molecule has 0 fully saturated rings. The minimum atomic E-state index is 0.563. The molecular formula is C13H14N2O2. The molecule has 1 aromatic heterocycles. The monoisotopic (exact) mass is 230 g/mol. The van der Waals surface area contributed by atoms with Gasteiger partial charge in [-0.25, -0.2) is 0 Å². The number of hydrogen-bond donors (Lipinski definition) is 1. The zero-order valence-corrected chi connectivity index (χ0v) is 9.81. The highest BCUT2D eigenvalue weighted by molar-refractivity contribution is 5.75. The molecule has 0 atom stereocenters. The molecule has 1 heterocycles. The fourth-order valence-electron chi connectivity index (χ4n) is 1.48. The van der Waals surface area contributed by atoms with Crippen LogP contribution in [-0.4, -0.2) is 12.3 Å². The number of para-hydroxylation sites is 1. The Morgan fingerprint density at radius 3 is 2.71 bits per heavy atom. The van der Waals surface area contributed by atoms with Crippen molar-refractivity contribution in [1.82, 2.24) is 5.16 Å². The Balaban J connectivity index is 2.29. The second-order valence-corrected chi connectivity index (χ2v) is 3.62. The van der Waals surface area contributed by atoms with E-state index in [4.69, 9.17) is 15.0 Å². The summed E-state index contributed by atoms with van der Waals surface area (Å²) in [5, 5.41) is 3.79. The Morgan fingerprint density at radius 2 is 2.06 bits per heavy atom. The molecule has 0 unspecified atom stereocenters. The molecule has 4 heteroatoms. The van der Waals surface area contributed by atoms with Gasteiger partial charge in [0.15, 0.2) is 5.76 Å². The lowest BCUT2D eigenvalue weighted by molar-refractivity contribution is 0.408. The summed E-state index contributed by atoms with van der Waals surface area (Å²) in [5.41, 5.74) is 8.02. The fourth-order valence-corrected chi connectivity index (χ4v) is 1.48. The minimum absolute atomic E-state index is 0.563. The topological polar surface area (TPSA) is 61.3 Å². The second kappa shape index (κ2) is 4.74. The highest BCUT2D eigenvalue weighted by Crippen LogP contribution is 2.22. The molecule has 88 valence electrons. The summed E-state index contributed by atoms with van der Waals surface area (Å²) >= 11 is 0. The Kier molecular flexibility index (Phi) is 3.14. The predicted octanol–water partition coefficient (Wildman–Crippen LogP) is 2.74. The number of nitrogens with two attached hydrogens (primary N) is 1. The molecule has 0 bridgehead atoms. The molecule has 2 aromatic rings. The molecule has 0 amide bonds. The van der Waals surface area contributed by atoms with E-state index in [2.05, 4.69) is 5.16 Å². The standard InChI is InChI=1S/C13H14N2O2/c1-9-13(14)12(17-15-9)8-7-10-5-3-4-6-11(10)16-2/h3-8H,14H2,1-2H3/b8-7+. The molecular weight excluding hydrogens is 216 g/mol. The van der Waals surface area contributed by atoms with E-state index in [1.54, 1.807) is 20.1 Å². The van der Waals surface area contributed by atoms with E-state index in [9.17, 15) is 0 Å². The van der Waals surface area contributed by atoms with Crippen molar-refractivity contribution in [1.29, 1.82) is 0 Å². The lowest BCUT2D eigenvalue weighted by Gasteiger charge is -2.02. The molecule has 0 saturated heterocycles. The molecule has 4 nitrogen and oxygen atoms in total. The Labute approximate surface area is 99.7 Å². The van der Waals surface area contributed by atoms with E-state index < -0.39 is 0 Å². The van der Waals surface area contributed by atoms with Crippen molar-refractivity contribution in [3.05, 3.63) is 41.3 Å². The molecule has 0 aliphatic heterocycles. The van der Waals surface area contributed by atoms with Crippen molar-refractivity contribution in [2.24, 2.45) is 0 Å². The van der Waals surface area contributed by atoms with Gasteiger partial charge in [-0.15, -0.1) is 0 Å². The number of nitrogens with zero attached hydrogens (tertiary/aromatic N) is 1. The van der Waals surface area contributed by atoms with Gasteiger partial charge in [-0.3, -0.25) is 0 Å². The van der Waals surface area contributed by atoms with Gasteiger partial charge in [0.25, 0.3) is 0 Å². The van der Waals surface area contributed by atoms with Gasteiger partial charge in [-0.2, -0.15) is 0 Å². The van der Waals surface area contributed by atoms with E-state index in [-0.39, 0.29) is 0 Å². The van der Waals surface area contributed by atoms with Gasteiger partial charge in [-0.1, -0.05) is 23.4 Å². The van der Waals surface area contributed by atoms with Crippen molar-refractivity contribution in [3.63, 3.8) is 0 Å². The number of anilines is 1. The van der Waals surface area contributed by atoms with Crippen molar-refractivity contribution in [2.75, 3.05) is 12.8 Å². The zero-order chi connectivity index (χ0) is 12.3. The first-order valence-electron chi connectivity index (χ1n) is 5.25. The number of rotatable bonds is 3. The average Bonchev–Trinajstić information content (AvgIpc) is 2.68. The first-order valence-corrected chi connectivity index (χ1v) is 5.25. The van der Waals surface area contributed by atoms with E-state index in [1.807, 2.05) is 30.3 Å². The van der Waals surface area contributed by atoms with Gasteiger partial charge in [0.05, 0.1) is 7.11 Å². The van der Waals surface area contributed by atoms with Crippen LogP contribution < -0.4 is 10.5 Å². The Hall–Kier alpha value is -2.23. The third kappa shape index (κ3) is 2.30. The maximum atomic E-state index is 5.80. The molecule has 0 spiro atoms. The van der Waals surface area contributed by atoms with Crippen molar-refractivity contribution < 1.29 is 9.26 Å². The normalized spacial score (nSPS) is 10.9. The van der Waals surface area contributed by atoms with Crippen LogP contribution in [0.5, 0.6) is 5.75 Å². The molecule has 0 aliphatic rings. The summed E-state index contributed by atoms with van der Waals surface area (Å²) < 4.78 is 10.3. The summed E-state index contributed by atoms with van der Waals surface area (Å²) in [6, 6.07) is 7.71. The average molecular weight is 230 g/mol. The van der Waals surface area contributed by atoms with E-state index in [1.165, 1.54) is 0 Å². The van der Waals surface area contributed by atoms with Crippen LogP contribution in [0, 0.1) is 6.92 Å². The Bertz CT molecular complexity index is 544. The summed E-state index contributed by atoms with van der Waals surface area (Å²) in [6.45, 7) is 1.80. The van der Waals surface area contributed by atoms with Gasteiger partial charge >= 0.3 is 0 Å². The number of hydrogen-bond acceptors (Lipinski definition) is 4. The highest BCUT2D eigenvalue weighted by Gasteiger charge is 2.05. The van der Waals surface area contributed by atoms with Crippen LogP contribution >= 0.6 is 0 Å². The van der Waals surface area contributed by atoms with E-state index >= 15 is 0 Å². The number of aryl methyl sites for hydroxylation is 1. The van der Waals surface area contributed by atoms with Crippen LogP contribution in [0.15, 0.2) is 28.8 Å². The molecule has 1 aromatic carbocycles. The lowest BCUT2D eigenvalue weighted by atomic mass is 10.1. The fraction of sp³-hybridized carbons (Fsp3) is 0.154. The lowest BCUT2D eigenvalue weighted by Crippen LogP contribution is -1.87. The predicted molar refractivity (Wildman–Crippen MR) is 67.6 cm³/mol. The van der Waals surface area contributed by atoms with Crippen LogP contribution in [-0.2, 0) is 0 Å². The van der Waals surface area contributed by atoms with Crippen LogP contribution in [0.1, 0.15) is 17.0 Å². The maximum Gasteiger partial charge on any atom is 0.182 e. The molecule has 0 radical (unpaired) electrons. The maximum absolute atomic E-state index is 5.80.